The maximum Gasteiger partial charge on any atom is 0.235 e. The fourth-order valence-electron chi connectivity index (χ4n) is 2.71. The molecule has 2 aromatic rings. The molecular formula is C18H18ClNO2. The van der Waals surface area contributed by atoms with Crippen molar-refractivity contribution < 1.29 is 9.53 Å². The molecule has 1 fully saturated rings. The van der Waals surface area contributed by atoms with E-state index in [1.54, 1.807) is 7.11 Å². The van der Waals surface area contributed by atoms with Crippen LogP contribution in [0.2, 0.25) is 5.02 Å². The van der Waals surface area contributed by atoms with E-state index in [1.807, 2.05) is 48.5 Å². The summed E-state index contributed by atoms with van der Waals surface area (Å²) in [4.78, 5) is 12.7. The molecule has 0 saturated heterocycles. The molecule has 0 unspecified atom stereocenters. The Morgan fingerprint density at radius 3 is 2.68 bits per heavy atom. The van der Waals surface area contributed by atoms with Crippen LogP contribution in [0.1, 0.15) is 24.0 Å². The van der Waals surface area contributed by atoms with Gasteiger partial charge < -0.3 is 10.1 Å². The van der Waals surface area contributed by atoms with Gasteiger partial charge in [-0.15, -0.1) is 0 Å². The Kier molecular flexibility index (Phi) is 4.19. The predicted molar refractivity (Wildman–Crippen MR) is 88.1 cm³/mol. The van der Waals surface area contributed by atoms with Crippen LogP contribution in [0.15, 0.2) is 48.5 Å². The SMILES string of the molecule is COCc1cccc(NC(=O)C2(c3cccc(Cl)c3)CC2)c1. The molecule has 1 N–H and O–H groups in total. The lowest BCUT2D eigenvalue weighted by molar-refractivity contribution is -0.118. The number of methoxy groups -OCH3 is 1. The number of nitrogens with one attached hydrogen (secondary N) is 1. The highest BCUT2D eigenvalue weighted by Crippen LogP contribution is 2.49. The number of ether oxygens (including phenoxy) is 1. The topological polar surface area (TPSA) is 38.3 Å². The van der Waals surface area contributed by atoms with Gasteiger partial charge in [-0.05, 0) is 48.2 Å². The number of hydrogen-bond donors (Lipinski definition) is 1. The van der Waals surface area contributed by atoms with Gasteiger partial charge in [0.05, 0.1) is 12.0 Å². The Hall–Kier alpha value is -1.84. The van der Waals surface area contributed by atoms with E-state index in [-0.39, 0.29) is 5.91 Å². The number of benzene rings is 2. The fraction of sp³-hybridized carbons (Fsp3) is 0.278. The van der Waals surface area contributed by atoms with Crippen LogP contribution >= 0.6 is 11.6 Å². The Bertz CT molecular complexity index is 695. The third kappa shape index (κ3) is 3.01. The molecule has 1 saturated carbocycles. The first-order valence-electron chi connectivity index (χ1n) is 7.29. The molecule has 0 aliphatic heterocycles. The Labute approximate surface area is 135 Å². The van der Waals surface area contributed by atoms with Crippen LogP contribution in [0, 0.1) is 0 Å². The van der Waals surface area contributed by atoms with E-state index < -0.39 is 5.41 Å². The van der Waals surface area contributed by atoms with E-state index in [0.717, 1.165) is 29.7 Å². The van der Waals surface area contributed by atoms with Crippen LogP contribution in [0.3, 0.4) is 0 Å². The Morgan fingerprint density at radius 2 is 2.00 bits per heavy atom. The van der Waals surface area contributed by atoms with Crippen molar-refractivity contribution in [3.63, 3.8) is 0 Å². The molecule has 0 radical (unpaired) electrons. The summed E-state index contributed by atoms with van der Waals surface area (Å²) >= 11 is 6.05. The largest absolute Gasteiger partial charge is 0.380 e. The lowest BCUT2D eigenvalue weighted by atomic mass is 9.95. The molecule has 22 heavy (non-hydrogen) atoms. The fourth-order valence-corrected chi connectivity index (χ4v) is 2.90. The van der Waals surface area contributed by atoms with E-state index in [4.69, 9.17) is 16.3 Å². The maximum atomic E-state index is 12.7. The van der Waals surface area contributed by atoms with Crippen molar-refractivity contribution >= 4 is 23.2 Å². The third-order valence-electron chi connectivity index (χ3n) is 4.06. The second-order valence-corrected chi connectivity index (χ2v) is 6.12. The number of carbonyl (C=O) groups excluding carboxylic acids is 1. The standard InChI is InChI=1S/C18H18ClNO2/c1-22-12-13-4-2-7-16(10-13)20-17(21)18(8-9-18)14-5-3-6-15(19)11-14/h2-7,10-11H,8-9,12H2,1H3,(H,20,21). The number of anilines is 1. The van der Waals surface area contributed by atoms with Crippen LogP contribution in [-0.2, 0) is 21.6 Å². The van der Waals surface area contributed by atoms with Gasteiger partial charge in [0.15, 0.2) is 0 Å². The van der Waals surface area contributed by atoms with Gasteiger partial charge in [-0.3, -0.25) is 4.79 Å². The number of carbonyl (C=O) groups is 1. The maximum absolute atomic E-state index is 12.7. The molecular weight excluding hydrogens is 298 g/mol. The first-order valence-corrected chi connectivity index (χ1v) is 7.67. The van der Waals surface area contributed by atoms with Crippen LogP contribution < -0.4 is 5.32 Å². The zero-order chi connectivity index (χ0) is 15.6. The van der Waals surface area contributed by atoms with Gasteiger partial charge in [-0.1, -0.05) is 35.9 Å². The van der Waals surface area contributed by atoms with Crippen molar-refractivity contribution in [2.24, 2.45) is 0 Å². The van der Waals surface area contributed by atoms with Crippen molar-refractivity contribution in [1.29, 1.82) is 0 Å². The van der Waals surface area contributed by atoms with E-state index in [1.165, 1.54) is 0 Å². The van der Waals surface area contributed by atoms with Crippen molar-refractivity contribution in [1.82, 2.24) is 0 Å². The zero-order valence-corrected chi connectivity index (χ0v) is 13.2. The highest BCUT2D eigenvalue weighted by atomic mass is 35.5. The van der Waals surface area contributed by atoms with E-state index in [9.17, 15) is 4.79 Å². The average Bonchev–Trinajstić information content (AvgIpc) is 3.30. The zero-order valence-electron chi connectivity index (χ0n) is 12.4. The van der Waals surface area contributed by atoms with Gasteiger partial charge in [0, 0.05) is 17.8 Å². The van der Waals surface area contributed by atoms with E-state index in [2.05, 4.69) is 5.32 Å². The molecule has 2 aromatic carbocycles. The minimum Gasteiger partial charge on any atom is -0.380 e. The van der Waals surface area contributed by atoms with Gasteiger partial charge in [-0.2, -0.15) is 0 Å². The summed E-state index contributed by atoms with van der Waals surface area (Å²) in [5.41, 5.74) is 2.40. The van der Waals surface area contributed by atoms with Crippen LogP contribution in [0.25, 0.3) is 0 Å². The number of amides is 1. The van der Waals surface area contributed by atoms with Crippen molar-refractivity contribution in [2.75, 3.05) is 12.4 Å². The summed E-state index contributed by atoms with van der Waals surface area (Å²) in [5.74, 6) is 0.0318. The normalized spacial score (nSPS) is 15.4. The van der Waals surface area contributed by atoms with Crippen LogP contribution in [0.4, 0.5) is 5.69 Å². The summed E-state index contributed by atoms with van der Waals surface area (Å²) in [6.45, 7) is 0.531. The quantitative estimate of drug-likeness (QED) is 0.900. The first-order chi connectivity index (χ1) is 10.6. The minimum atomic E-state index is -0.428. The molecule has 1 aliphatic carbocycles. The van der Waals surface area contributed by atoms with Gasteiger partial charge in [0.1, 0.15) is 0 Å². The highest BCUT2D eigenvalue weighted by Gasteiger charge is 2.51. The van der Waals surface area contributed by atoms with Crippen molar-refractivity contribution in [2.45, 2.75) is 24.9 Å². The second kappa shape index (κ2) is 6.11. The van der Waals surface area contributed by atoms with E-state index in [0.29, 0.717) is 11.6 Å². The minimum absolute atomic E-state index is 0.0318. The lowest BCUT2D eigenvalue weighted by Crippen LogP contribution is -2.27. The molecule has 0 aromatic heterocycles. The summed E-state index contributed by atoms with van der Waals surface area (Å²) in [6, 6.07) is 15.3. The van der Waals surface area contributed by atoms with Gasteiger partial charge >= 0.3 is 0 Å². The van der Waals surface area contributed by atoms with Crippen molar-refractivity contribution in [3.05, 3.63) is 64.7 Å². The first kappa shape index (κ1) is 15.1. The lowest BCUT2D eigenvalue weighted by Gasteiger charge is -2.16. The molecule has 4 heteroatoms. The molecule has 0 spiro atoms. The molecule has 3 nitrogen and oxygen atoms in total. The summed E-state index contributed by atoms with van der Waals surface area (Å²) in [5, 5.41) is 3.69. The Morgan fingerprint density at radius 1 is 1.23 bits per heavy atom. The van der Waals surface area contributed by atoms with Crippen molar-refractivity contribution in [3.8, 4) is 0 Å². The third-order valence-corrected chi connectivity index (χ3v) is 4.29. The molecule has 0 atom stereocenters. The van der Waals surface area contributed by atoms with Gasteiger partial charge in [0.25, 0.3) is 0 Å². The molecule has 114 valence electrons. The number of hydrogen-bond acceptors (Lipinski definition) is 2. The number of rotatable bonds is 5. The molecule has 3 rings (SSSR count). The molecule has 0 heterocycles. The molecule has 1 aliphatic rings. The Balaban J connectivity index is 1.78. The predicted octanol–water partition coefficient (Wildman–Crippen LogP) is 4.16. The second-order valence-electron chi connectivity index (χ2n) is 5.68. The summed E-state index contributed by atoms with van der Waals surface area (Å²) < 4.78 is 5.12. The number of halogens is 1. The van der Waals surface area contributed by atoms with E-state index >= 15 is 0 Å². The summed E-state index contributed by atoms with van der Waals surface area (Å²) in [6.07, 6.45) is 1.72. The highest BCUT2D eigenvalue weighted by molar-refractivity contribution is 6.30. The van der Waals surface area contributed by atoms with Crippen LogP contribution in [-0.4, -0.2) is 13.0 Å². The van der Waals surface area contributed by atoms with Gasteiger partial charge in [-0.25, -0.2) is 0 Å². The monoisotopic (exact) mass is 315 g/mol. The van der Waals surface area contributed by atoms with Gasteiger partial charge in [0.2, 0.25) is 5.91 Å². The molecule has 1 amide bonds. The smallest absolute Gasteiger partial charge is 0.235 e. The summed E-state index contributed by atoms with van der Waals surface area (Å²) in [7, 11) is 1.66. The molecule has 0 bridgehead atoms. The average molecular weight is 316 g/mol. The van der Waals surface area contributed by atoms with Crippen LogP contribution in [0.5, 0.6) is 0 Å².